The summed E-state index contributed by atoms with van der Waals surface area (Å²) >= 11 is 0. The van der Waals surface area contributed by atoms with Crippen molar-refractivity contribution >= 4 is 0 Å². The van der Waals surface area contributed by atoms with E-state index >= 15 is 0 Å². The summed E-state index contributed by atoms with van der Waals surface area (Å²) in [7, 11) is 0. The number of aliphatic hydroxyl groups excluding tert-OH is 1. The molecule has 5 nitrogen and oxygen atoms in total. The molecule has 1 unspecified atom stereocenters. The molecule has 0 saturated heterocycles. The molecule has 3 N–H and O–H groups in total. The largest absolute Gasteiger partial charge is 0.394 e. The lowest BCUT2D eigenvalue weighted by Crippen LogP contribution is -2.14. The molecular weight excluding hydrogens is 170 g/mol. The third-order valence-electron chi connectivity index (χ3n) is 2.02. The molecule has 0 aliphatic rings. The Morgan fingerprint density at radius 2 is 2.31 bits per heavy atom. The normalized spacial score (nSPS) is 15.7. The van der Waals surface area contributed by atoms with E-state index in [2.05, 4.69) is 10.1 Å². The molecule has 0 aromatic carbocycles. The second-order valence-electron chi connectivity index (χ2n) is 3.09. The van der Waals surface area contributed by atoms with Crippen LogP contribution < -0.4 is 5.73 Å². The molecule has 0 saturated carbocycles. The maximum Gasteiger partial charge on any atom is 0.245 e. The Morgan fingerprint density at radius 1 is 1.62 bits per heavy atom. The number of aromatic nitrogens is 2. The lowest BCUT2D eigenvalue weighted by molar-refractivity contribution is 0.236. The Kier molecular flexibility index (Phi) is 3.39. The van der Waals surface area contributed by atoms with Gasteiger partial charge in [0.25, 0.3) is 0 Å². The third-order valence-corrected chi connectivity index (χ3v) is 2.02. The van der Waals surface area contributed by atoms with E-state index in [-0.39, 0.29) is 12.5 Å². The maximum atomic E-state index is 8.74. The van der Waals surface area contributed by atoms with Gasteiger partial charge in [0.05, 0.1) is 6.61 Å². The summed E-state index contributed by atoms with van der Waals surface area (Å²) in [5.74, 6) is 1.22. The number of nitrogens with two attached hydrogens (primary N) is 1. The van der Waals surface area contributed by atoms with Gasteiger partial charge in [-0.1, -0.05) is 19.0 Å². The molecule has 1 heterocycles. The predicted octanol–water partition coefficient (Wildman–Crippen LogP) is 0.575. The van der Waals surface area contributed by atoms with Crippen LogP contribution in [-0.4, -0.2) is 21.9 Å². The Balaban J connectivity index is 2.74. The van der Waals surface area contributed by atoms with Crippen LogP contribution in [0, 0.1) is 0 Å². The summed E-state index contributed by atoms with van der Waals surface area (Å²) in [6.07, 6.45) is 0.952. The summed E-state index contributed by atoms with van der Waals surface area (Å²) in [6, 6.07) is -0.565. The summed E-state index contributed by atoms with van der Waals surface area (Å²) in [5, 5.41) is 12.5. The number of hydrogen-bond donors (Lipinski definition) is 2. The summed E-state index contributed by atoms with van der Waals surface area (Å²) in [5.41, 5.74) is 5.50. The molecule has 1 aromatic rings. The average molecular weight is 185 g/mol. The lowest BCUT2D eigenvalue weighted by Gasteiger charge is -2.00. The molecule has 2 atom stereocenters. The zero-order valence-corrected chi connectivity index (χ0v) is 7.90. The van der Waals surface area contributed by atoms with Gasteiger partial charge in [-0.25, -0.2) is 0 Å². The Labute approximate surface area is 76.9 Å². The van der Waals surface area contributed by atoms with E-state index in [1.807, 2.05) is 13.8 Å². The average Bonchev–Trinajstić information content (AvgIpc) is 2.64. The predicted molar refractivity (Wildman–Crippen MR) is 47.0 cm³/mol. The van der Waals surface area contributed by atoms with Crippen molar-refractivity contribution < 1.29 is 9.63 Å². The van der Waals surface area contributed by atoms with Crippen LogP contribution in [0.5, 0.6) is 0 Å². The van der Waals surface area contributed by atoms with Gasteiger partial charge in [-0.05, 0) is 6.42 Å². The first-order chi connectivity index (χ1) is 6.19. The zero-order valence-electron chi connectivity index (χ0n) is 7.90. The molecule has 13 heavy (non-hydrogen) atoms. The van der Waals surface area contributed by atoms with Crippen LogP contribution in [0.2, 0.25) is 0 Å². The van der Waals surface area contributed by atoms with Gasteiger partial charge in [0.15, 0.2) is 5.82 Å². The van der Waals surface area contributed by atoms with Crippen LogP contribution in [0.25, 0.3) is 0 Å². The molecular formula is C8H15N3O2. The molecule has 5 heteroatoms. The van der Waals surface area contributed by atoms with Gasteiger partial charge in [0, 0.05) is 5.92 Å². The van der Waals surface area contributed by atoms with Crippen LogP contribution in [0.4, 0.5) is 0 Å². The first-order valence-corrected chi connectivity index (χ1v) is 4.39. The zero-order chi connectivity index (χ0) is 9.84. The molecule has 1 rings (SSSR count). The van der Waals surface area contributed by atoms with E-state index in [1.54, 1.807) is 0 Å². The molecule has 0 spiro atoms. The topological polar surface area (TPSA) is 85.2 Å². The molecule has 0 amide bonds. The molecule has 0 fully saturated rings. The van der Waals surface area contributed by atoms with Crippen molar-refractivity contribution in [2.24, 2.45) is 5.73 Å². The number of aliphatic hydroxyl groups is 1. The highest BCUT2D eigenvalue weighted by atomic mass is 16.5. The number of nitrogens with zero attached hydrogens (tertiary/aromatic N) is 2. The molecule has 0 radical (unpaired) electrons. The highest BCUT2D eigenvalue weighted by molar-refractivity contribution is 4.96. The van der Waals surface area contributed by atoms with Crippen molar-refractivity contribution in [3.05, 3.63) is 11.7 Å². The molecule has 0 bridgehead atoms. The molecule has 1 aromatic heterocycles. The van der Waals surface area contributed by atoms with Crippen molar-refractivity contribution in [2.75, 3.05) is 6.61 Å². The van der Waals surface area contributed by atoms with Gasteiger partial charge in [-0.2, -0.15) is 4.98 Å². The monoisotopic (exact) mass is 185 g/mol. The molecule has 74 valence electrons. The van der Waals surface area contributed by atoms with Crippen molar-refractivity contribution in [3.8, 4) is 0 Å². The fraction of sp³-hybridized carbons (Fsp3) is 0.750. The van der Waals surface area contributed by atoms with Gasteiger partial charge in [-0.15, -0.1) is 0 Å². The second-order valence-corrected chi connectivity index (χ2v) is 3.09. The summed E-state index contributed by atoms with van der Waals surface area (Å²) in [6.45, 7) is 3.88. The lowest BCUT2D eigenvalue weighted by atomic mass is 10.1. The van der Waals surface area contributed by atoms with Gasteiger partial charge in [0.1, 0.15) is 6.04 Å². The third kappa shape index (κ3) is 2.26. The second kappa shape index (κ2) is 4.34. The van der Waals surface area contributed by atoms with Gasteiger partial charge >= 0.3 is 0 Å². The first kappa shape index (κ1) is 10.1. The SMILES string of the molecule is CCC(C)c1noc([C@@H](N)CO)n1. The van der Waals surface area contributed by atoms with Gasteiger partial charge in [-0.3, -0.25) is 0 Å². The van der Waals surface area contributed by atoms with E-state index in [9.17, 15) is 0 Å². The highest BCUT2D eigenvalue weighted by Crippen LogP contribution is 2.16. The van der Waals surface area contributed by atoms with E-state index < -0.39 is 6.04 Å². The van der Waals surface area contributed by atoms with Crippen molar-refractivity contribution in [2.45, 2.75) is 32.2 Å². The van der Waals surface area contributed by atoms with E-state index in [4.69, 9.17) is 15.4 Å². The van der Waals surface area contributed by atoms with E-state index in [1.165, 1.54) is 0 Å². The van der Waals surface area contributed by atoms with Crippen LogP contribution in [0.1, 0.15) is 43.9 Å². The Bertz CT molecular complexity index is 237. The highest BCUT2D eigenvalue weighted by Gasteiger charge is 2.16. The van der Waals surface area contributed by atoms with E-state index in [0.717, 1.165) is 6.42 Å². The fourth-order valence-corrected chi connectivity index (χ4v) is 0.859. The standard InChI is InChI=1S/C8H15N3O2/c1-3-5(2)7-10-8(13-11-7)6(9)4-12/h5-6,12H,3-4,9H2,1-2H3/t5?,6-/m0/s1. The van der Waals surface area contributed by atoms with Crippen LogP contribution >= 0.6 is 0 Å². The van der Waals surface area contributed by atoms with Crippen LogP contribution in [0.3, 0.4) is 0 Å². The fourth-order valence-electron chi connectivity index (χ4n) is 0.859. The molecule has 0 aliphatic heterocycles. The maximum absolute atomic E-state index is 8.74. The smallest absolute Gasteiger partial charge is 0.245 e. The van der Waals surface area contributed by atoms with Crippen molar-refractivity contribution in [3.63, 3.8) is 0 Å². The number of hydrogen-bond acceptors (Lipinski definition) is 5. The van der Waals surface area contributed by atoms with Crippen LogP contribution in [0.15, 0.2) is 4.52 Å². The summed E-state index contributed by atoms with van der Waals surface area (Å²) < 4.78 is 4.89. The number of rotatable bonds is 4. The minimum absolute atomic E-state index is 0.178. The Hall–Kier alpha value is -0.940. The van der Waals surface area contributed by atoms with Gasteiger partial charge < -0.3 is 15.4 Å². The van der Waals surface area contributed by atoms with E-state index in [0.29, 0.717) is 11.7 Å². The van der Waals surface area contributed by atoms with Gasteiger partial charge in [0.2, 0.25) is 5.89 Å². The Morgan fingerprint density at radius 3 is 2.85 bits per heavy atom. The summed E-state index contributed by atoms with van der Waals surface area (Å²) in [4.78, 5) is 4.09. The van der Waals surface area contributed by atoms with Crippen LogP contribution in [-0.2, 0) is 0 Å². The minimum Gasteiger partial charge on any atom is -0.394 e. The van der Waals surface area contributed by atoms with Crippen molar-refractivity contribution in [1.82, 2.24) is 10.1 Å². The first-order valence-electron chi connectivity index (χ1n) is 4.39. The van der Waals surface area contributed by atoms with Crippen molar-refractivity contribution in [1.29, 1.82) is 0 Å². The molecule has 0 aliphatic carbocycles. The quantitative estimate of drug-likeness (QED) is 0.716. The minimum atomic E-state index is -0.565.